The summed E-state index contributed by atoms with van der Waals surface area (Å²) in [6.45, 7) is 6.63. The predicted molar refractivity (Wildman–Crippen MR) is 44.1 cm³/mol. The molecule has 0 saturated heterocycles. The molecule has 0 aliphatic heterocycles. The SMILES string of the molecule is CC(C)CC(C)S[S]. The van der Waals surface area contributed by atoms with Crippen molar-refractivity contribution in [1.29, 1.82) is 0 Å². The molecule has 0 spiro atoms. The van der Waals surface area contributed by atoms with E-state index in [1.54, 1.807) is 0 Å². The van der Waals surface area contributed by atoms with E-state index < -0.39 is 0 Å². The van der Waals surface area contributed by atoms with Gasteiger partial charge in [-0.3, -0.25) is 0 Å². The van der Waals surface area contributed by atoms with Crippen molar-refractivity contribution in [2.24, 2.45) is 5.92 Å². The van der Waals surface area contributed by atoms with E-state index in [1.807, 2.05) is 0 Å². The number of hydrogen-bond donors (Lipinski definition) is 0. The molecule has 0 fully saturated rings. The summed E-state index contributed by atoms with van der Waals surface area (Å²) in [4.78, 5) is 0. The van der Waals surface area contributed by atoms with Crippen LogP contribution < -0.4 is 0 Å². The summed E-state index contributed by atoms with van der Waals surface area (Å²) in [5, 5.41) is 0.657. The zero-order chi connectivity index (χ0) is 6.57. The predicted octanol–water partition coefficient (Wildman–Crippen LogP) is 3.27. The van der Waals surface area contributed by atoms with Crippen LogP contribution in [0.2, 0.25) is 0 Å². The van der Waals surface area contributed by atoms with Gasteiger partial charge in [-0.05, 0) is 24.0 Å². The van der Waals surface area contributed by atoms with Crippen LogP contribution in [0.3, 0.4) is 0 Å². The maximum atomic E-state index is 4.81. The fourth-order valence-corrected chi connectivity index (χ4v) is 1.40. The summed E-state index contributed by atoms with van der Waals surface area (Å²) in [6, 6.07) is 0. The van der Waals surface area contributed by atoms with E-state index in [0.29, 0.717) is 5.25 Å². The summed E-state index contributed by atoms with van der Waals surface area (Å²) in [5.41, 5.74) is 0. The highest BCUT2D eigenvalue weighted by atomic mass is 33.1. The van der Waals surface area contributed by atoms with Gasteiger partial charge in [0.25, 0.3) is 0 Å². The molecule has 1 atom stereocenters. The molecule has 49 valence electrons. The number of rotatable bonds is 3. The van der Waals surface area contributed by atoms with Crippen molar-refractivity contribution in [3.63, 3.8) is 0 Å². The smallest absolute Gasteiger partial charge is 0.0134 e. The second-order valence-corrected chi connectivity index (χ2v) is 4.11. The Labute approximate surface area is 61.2 Å². The average Bonchev–Trinajstić information content (AvgIpc) is 1.65. The molecule has 8 heavy (non-hydrogen) atoms. The molecule has 0 aromatic carbocycles. The van der Waals surface area contributed by atoms with Crippen molar-refractivity contribution < 1.29 is 0 Å². The molecule has 0 aromatic rings. The molecule has 1 radical (unpaired) electrons. The highest BCUT2D eigenvalue weighted by molar-refractivity contribution is 8.68. The van der Waals surface area contributed by atoms with Gasteiger partial charge in [0.2, 0.25) is 0 Å². The lowest BCUT2D eigenvalue weighted by Gasteiger charge is -2.07. The summed E-state index contributed by atoms with van der Waals surface area (Å²) < 4.78 is 0. The Morgan fingerprint density at radius 1 is 1.38 bits per heavy atom. The van der Waals surface area contributed by atoms with Gasteiger partial charge in [-0.15, -0.1) is 0 Å². The van der Waals surface area contributed by atoms with Crippen LogP contribution in [0.15, 0.2) is 0 Å². The molecule has 2 heteroatoms. The lowest BCUT2D eigenvalue weighted by molar-refractivity contribution is 0.586. The normalized spacial score (nSPS) is 14.6. The van der Waals surface area contributed by atoms with Gasteiger partial charge in [0, 0.05) is 5.25 Å². The van der Waals surface area contributed by atoms with E-state index in [2.05, 4.69) is 20.8 Å². The van der Waals surface area contributed by atoms with Crippen molar-refractivity contribution in [3.05, 3.63) is 0 Å². The van der Waals surface area contributed by atoms with Gasteiger partial charge in [-0.1, -0.05) is 31.6 Å². The molecule has 0 rings (SSSR count). The van der Waals surface area contributed by atoms with Crippen molar-refractivity contribution in [2.45, 2.75) is 32.4 Å². The van der Waals surface area contributed by atoms with Gasteiger partial charge < -0.3 is 0 Å². The van der Waals surface area contributed by atoms with E-state index in [1.165, 1.54) is 17.2 Å². The van der Waals surface area contributed by atoms with E-state index >= 15 is 0 Å². The van der Waals surface area contributed by atoms with E-state index in [4.69, 9.17) is 11.7 Å². The zero-order valence-electron chi connectivity index (χ0n) is 5.68. The van der Waals surface area contributed by atoms with Gasteiger partial charge in [-0.25, -0.2) is 0 Å². The molecule has 0 aliphatic rings. The van der Waals surface area contributed by atoms with Gasteiger partial charge >= 0.3 is 0 Å². The third kappa shape index (κ3) is 4.85. The summed E-state index contributed by atoms with van der Waals surface area (Å²) in [7, 11) is 1.54. The quantitative estimate of drug-likeness (QED) is 0.555. The first-order valence-electron chi connectivity index (χ1n) is 2.95. The Kier molecular flexibility index (Phi) is 4.97. The molecular weight excluding hydrogens is 136 g/mol. The highest BCUT2D eigenvalue weighted by Crippen LogP contribution is 2.20. The lowest BCUT2D eigenvalue weighted by atomic mass is 10.1. The third-order valence-electron chi connectivity index (χ3n) is 0.968. The fourth-order valence-electron chi connectivity index (χ4n) is 0.703. The fraction of sp³-hybridized carbons (Fsp3) is 1.00. The maximum Gasteiger partial charge on any atom is 0.0134 e. The molecule has 0 saturated carbocycles. The molecule has 0 heterocycles. The minimum absolute atomic E-state index is 0.657. The minimum atomic E-state index is 0.657. The van der Waals surface area contributed by atoms with Crippen molar-refractivity contribution in [2.75, 3.05) is 0 Å². The largest absolute Gasteiger partial charge is 0.0786 e. The van der Waals surface area contributed by atoms with Crippen LogP contribution in [0.5, 0.6) is 0 Å². The van der Waals surface area contributed by atoms with Crippen LogP contribution in [0.1, 0.15) is 27.2 Å². The molecular formula is C6H13S2. The third-order valence-corrected chi connectivity index (χ3v) is 2.47. The summed E-state index contributed by atoms with van der Waals surface area (Å²) >= 11 is 4.81. The molecule has 0 aromatic heterocycles. The molecule has 0 bridgehead atoms. The lowest BCUT2D eigenvalue weighted by Crippen LogP contribution is -1.98. The topological polar surface area (TPSA) is 0 Å². The van der Waals surface area contributed by atoms with E-state index in [0.717, 1.165) is 5.92 Å². The Bertz CT molecular complexity index is 52.5. The minimum Gasteiger partial charge on any atom is -0.0786 e. The van der Waals surface area contributed by atoms with Gasteiger partial charge in [0.05, 0.1) is 0 Å². The Morgan fingerprint density at radius 3 is 2.00 bits per heavy atom. The zero-order valence-corrected chi connectivity index (χ0v) is 7.31. The van der Waals surface area contributed by atoms with Crippen LogP contribution in [0, 0.1) is 5.92 Å². The molecule has 0 aliphatic carbocycles. The van der Waals surface area contributed by atoms with Crippen LogP contribution in [0.4, 0.5) is 0 Å². The van der Waals surface area contributed by atoms with E-state index in [-0.39, 0.29) is 0 Å². The maximum absolute atomic E-state index is 4.81. The monoisotopic (exact) mass is 149 g/mol. The Balaban J connectivity index is 3.10. The molecule has 1 unspecified atom stereocenters. The second-order valence-electron chi connectivity index (χ2n) is 2.54. The van der Waals surface area contributed by atoms with Gasteiger partial charge in [0.1, 0.15) is 0 Å². The van der Waals surface area contributed by atoms with Gasteiger partial charge in [-0.2, -0.15) is 0 Å². The van der Waals surface area contributed by atoms with Crippen LogP contribution in [0.25, 0.3) is 0 Å². The van der Waals surface area contributed by atoms with Crippen molar-refractivity contribution >= 4 is 22.5 Å². The van der Waals surface area contributed by atoms with Crippen molar-refractivity contribution in [1.82, 2.24) is 0 Å². The van der Waals surface area contributed by atoms with Crippen LogP contribution in [-0.4, -0.2) is 5.25 Å². The van der Waals surface area contributed by atoms with Crippen LogP contribution >= 0.6 is 22.5 Å². The van der Waals surface area contributed by atoms with Crippen molar-refractivity contribution in [3.8, 4) is 0 Å². The first kappa shape index (κ1) is 8.70. The highest BCUT2D eigenvalue weighted by Gasteiger charge is 2.01. The summed E-state index contributed by atoms with van der Waals surface area (Å²) in [6.07, 6.45) is 1.24. The van der Waals surface area contributed by atoms with E-state index in [9.17, 15) is 0 Å². The second kappa shape index (κ2) is 4.57. The van der Waals surface area contributed by atoms with Gasteiger partial charge in [0.15, 0.2) is 0 Å². The molecule has 0 N–H and O–H groups in total. The number of hydrogen-bond acceptors (Lipinski definition) is 1. The van der Waals surface area contributed by atoms with Crippen LogP contribution in [-0.2, 0) is 0 Å². The standard InChI is InChI=1S/C6H13S2/c1-5(2)4-6(3)8-7/h5-6H,4H2,1-3H3. The Morgan fingerprint density at radius 2 is 1.88 bits per heavy atom. The summed E-state index contributed by atoms with van der Waals surface area (Å²) in [5.74, 6) is 0.792. The molecule has 0 amide bonds. The Hall–Kier alpha value is 0.700. The first-order chi connectivity index (χ1) is 3.66. The molecule has 0 nitrogen and oxygen atoms in total. The first-order valence-corrected chi connectivity index (χ1v) is 4.76. The average molecular weight is 149 g/mol.